The molecule has 2 aromatic carbocycles. The lowest BCUT2D eigenvalue weighted by atomic mass is 10.1. The Labute approximate surface area is 156 Å². The first-order chi connectivity index (χ1) is 12.3. The Kier molecular flexibility index (Phi) is 6.36. The second-order valence-electron chi connectivity index (χ2n) is 5.53. The minimum Gasteiger partial charge on any atom is -0.465 e. The number of ether oxygens (including phenoxy) is 2. The molecule has 0 saturated carbocycles. The highest BCUT2D eigenvalue weighted by atomic mass is 35.5. The lowest BCUT2D eigenvalue weighted by Gasteiger charge is -2.15. The van der Waals surface area contributed by atoms with Crippen LogP contribution < -0.4 is 5.32 Å². The first-order valence-electron chi connectivity index (χ1n) is 7.78. The Hall–Kier alpha value is -2.86. The lowest BCUT2D eigenvalue weighted by Crippen LogP contribution is -2.30. The SMILES string of the molecule is COC(=O)c1ccccc1C(=O)OC(C)C(=O)Nc1cc(Cl)ccc1C. The van der Waals surface area contributed by atoms with Crippen LogP contribution >= 0.6 is 11.6 Å². The molecule has 1 amide bonds. The van der Waals surface area contributed by atoms with Crippen LogP contribution in [0, 0.1) is 6.92 Å². The van der Waals surface area contributed by atoms with Gasteiger partial charge < -0.3 is 14.8 Å². The summed E-state index contributed by atoms with van der Waals surface area (Å²) in [6.07, 6.45) is -1.08. The number of carbonyl (C=O) groups excluding carboxylic acids is 3. The average molecular weight is 376 g/mol. The van der Waals surface area contributed by atoms with E-state index >= 15 is 0 Å². The number of esters is 2. The van der Waals surface area contributed by atoms with Crippen LogP contribution in [0.25, 0.3) is 0 Å². The van der Waals surface area contributed by atoms with E-state index in [9.17, 15) is 14.4 Å². The zero-order valence-electron chi connectivity index (χ0n) is 14.5. The quantitative estimate of drug-likeness (QED) is 0.807. The van der Waals surface area contributed by atoms with Crippen molar-refractivity contribution < 1.29 is 23.9 Å². The Morgan fingerprint density at radius 2 is 1.65 bits per heavy atom. The third kappa shape index (κ3) is 4.61. The van der Waals surface area contributed by atoms with E-state index in [1.54, 1.807) is 30.3 Å². The number of rotatable bonds is 5. The van der Waals surface area contributed by atoms with E-state index < -0.39 is 23.9 Å². The van der Waals surface area contributed by atoms with Crippen LogP contribution in [-0.4, -0.2) is 31.1 Å². The van der Waals surface area contributed by atoms with Gasteiger partial charge in [0.1, 0.15) is 0 Å². The van der Waals surface area contributed by atoms with Crippen LogP contribution in [0.4, 0.5) is 5.69 Å². The predicted octanol–water partition coefficient (Wildman–Crippen LogP) is 3.62. The number of amides is 1. The number of nitrogens with one attached hydrogen (secondary N) is 1. The Morgan fingerprint density at radius 1 is 1.04 bits per heavy atom. The van der Waals surface area contributed by atoms with Crippen LogP contribution in [0.5, 0.6) is 0 Å². The molecule has 7 heteroatoms. The highest BCUT2D eigenvalue weighted by Gasteiger charge is 2.23. The third-order valence-corrected chi connectivity index (χ3v) is 3.90. The Balaban J connectivity index is 2.11. The molecule has 1 atom stereocenters. The highest BCUT2D eigenvalue weighted by Crippen LogP contribution is 2.21. The van der Waals surface area contributed by atoms with E-state index in [2.05, 4.69) is 10.1 Å². The zero-order chi connectivity index (χ0) is 19.3. The van der Waals surface area contributed by atoms with Crippen LogP contribution in [0.1, 0.15) is 33.2 Å². The Morgan fingerprint density at radius 3 is 2.27 bits per heavy atom. The third-order valence-electron chi connectivity index (χ3n) is 3.66. The molecule has 1 unspecified atom stereocenters. The molecule has 136 valence electrons. The molecule has 1 N–H and O–H groups in total. The van der Waals surface area contributed by atoms with Crippen LogP contribution in [0.3, 0.4) is 0 Å². The zero-order valence-corrected chi connectivity index (χ0v) is 15.3. The first kappa shape index (κ1) is 19.5. The summed E-state index contributed by atoms with van der Waals surface area (Å²) < 4.78 is 9.83. The van der Waals surface area contributed by atoms with Gasteiger partial charge in [-0.3, -0.25) is 4.79 Å². The summed E-state index contributed by atoms with van der Waals surface area (Å²) in [6.45, 7) is 3.25. The summed E-state index contributed by atoms with van der Waals surface area (Å²) in [5, 5.41) is 3.14. The molecule has 2 aromatic rings. The smallest absolute Gasteiger partial charge is 0.339 e. The fourth-order valence-corrected chi connectivity index (χ4v) is 2.36. The number of benzene rings is 2. The van der Waals surface area contributed by atoms with Gasteiger partial charge in [0.05, 0.1) is 18.2 Å². The van der Waals surface area contributed by atoms with Gasteiger partial charge in [0, 0.05) is 10.7 Å². The van der Waals surface area contributed by atoms with E-state index in [1.165, 1.54) is 26.2 Å². The van der Waals surface area contributed by atoms with E-state index in [0.717, 1.165) is 5.56 Å². The monoisotopic (exact) mass is 375 g/mol. The van der Waals surface area contributed by atoms with Gasteiger partial charge in [-0.1, -0.05) is 29.8 Å². The molecule has 0 fully saturated rings. The molecule has 0 aromatic heterocycles. The minimum atomic E-state index is -1.08. The number of methoxy groups -OCH3 is 1. The molecular formula is C19H18ClNO5. The second-order valence-corrected chi connectivity index (χ2v) is 5.97. The van der Waals surface area contributed by atoms with Crippen LogP contribution in [0.2, 0.25) is 5.02 Å². The van der Waals surface area contributed by atoms with Crippen molar-refractivity contribution >= 4 is 35.1 Å². The van der Waals surface area contributed by atoms with Gasteiger partial charge in [0.25, 0.3) is 5.91 Å². The van der Waals surface area contributed by atoms with Crippen molar-refractivity contribution in [1.29, 1.82) is 0 Å². The second kappa shape index (κ2) is 8.49. The largest absolute Gasteiger partial charge is 0.465 e. The van der Waals surface area contributed by atoms with E-state index in [1.807, 2.05) is 6.92 Å². The molecule has 0 heterocycles. The van der Waals surface area contributed by atoms with Gasteiger partial charge in [-0.15, -0.1) is 0 Å². The molecule has 0 aliphatic carbocycles. The summed E-state index contributed by atoms with van der Waals surface area (Å²) >= 11 is 5.92. The van der Waals surface area contributed by atoms with Crippen molar-refractivity contribution in [1.82, 2.24) is 0 Å². The topological polar surface area (TPSA) is 81.7 Å². The van der Waals surface area contributed by atoms with Gasteiger partial charge in [0.2, 0.25) is 0 Å². The van der Waals surface area contributed by atoms with Crippen molar-refractivity contribution in [3.8, 4) is 0 Å². The summed E-state index contributed by atoms with van der Waals surface area (Å²) in [4.78, 5) is 36.4. The van der Waals surface area contributed by atoms with Crippen molar-refractivity contribution in [2.75, 3.05) is 12.4 Å². The van der Waals surface area contributed by atoms with Gasteiger partial charge in [-0.2, -0.15) is 0 Å². The minimum absolute atomic E-state index is 0.0259. The lowest BCUT2D eigenvalue weighted by molar-refractivity contribution is -0.123. The molecule has 0 bridgehead atoms. The van der Waals surface area contributed by atoms with Crippen molar-refractivity contribution in [3.05, 3.63) is 64.2 Å². The van der Waals surface area contributed by atoms with Gasteiger partial charge >= 0.3 is 11.9 Å². The molecule has 0 radical (unpaired) electrons. The highest BCUT2D eigenvalue weighted by molar-refractivity contribution is 6.31. The molecule has 0 saturated heterocycles. The number of aryl methyl sites for hydroxylation is 1. The average Bonchev–Trinajstić information content (AvgIpc) is 2.63. The standard InChI is InChI=1S/C19H18ClNO5/c1-11-8-9-13(20)10-16(11)21-17(22)12(2)26-19(24)15-7-5-4-6-14(15)18(23)25-3/h4-10,12H,1-3H3,(H,21,22). The molecule has 6 nitrogen and oxygen atoms in total. The molecule has 0 spiro atoms. The summed E-state index contributed by atoms with van der Waals surface area (Å²) in [7, 11) is 1.22. The first-order valence-corrected chi connectivity index (χ1v) is 8.16. The fourth-order valence-electron chi connectivity index (χ4n) is 2.19. The summed E-state index contributed by atoms with van der Waals surface area (Å²) in [6, 6.07) is 11.1. The number of carbonyl (C=O) groups is 3. The maximum Gasteiger partial charge on any atom is 0.339 e. The van der Waals surface area contributed by atoms with Crippen LogP contribution in [0.15, 0.2) is 42.5 Å². The summed E-state index contributed by atoms with van der Waals surface area (Å²) in [5.74, 6) is -1.97. The summed E-state index contributed by atoms with van der Waals surface area (Å²) in [5.41, 5.74) is 1.44. The number of hydrogen-bond donors (Lipinski definition) is 1. The molecule has 0 aliphatic rings. The van der Waals surface area contributed by atoms with E-state index in [-0.39, 0.29) is 11.1 Å². The number of halogens is 1. The van der Waals surface area contributed by atoms with Gasteiger partial charge in [-0.25, -0.2) is 9.59 Å². The molecule has 0 aliphatic heterocycles. The maximum absolute atomic E-state index is 12.3. The van der Waals surface area contributed by atoms with Crippen LogP contribution in [-0.2, 0) is 14.3 Å². The Bertz CT molecular complexity index is 850. The maximum atomic E-state index is 12.3. The van der Waals surface area contributed by atoms with E-state index in [0.29, 0.717) is 10.7 Å². The fraction of sp³-hybridized carbons (Fsp3) is 0.211. The number of anilines is 1. The van der Waals surface area contributed by atoms with E-state index in [4.69, 9.17) is 16.3 Å². The van der Waals surface area contributed by atoms with Crippen molar-refractivity contribution in [2.24, 2.45) is 0 Å². The van der Waals surface area contributed by atoms with Crippen molar-refractivity contribution in [3.63, 3.8) is 0 Å². The normalized spacial score (nSPS) is 11.4. The molecule has 2 rings (SSSR count). The molecular weight excluding hydrogens is 358 g/mol. The molecule has 26 heavy (non-hydrogen) atoms. The number of hydrogen-bond acceptors (Lipinski definition) is 5. The van der Waals surface area contributed by atoms with Gasteiger partial charge in [0.15, 0.2) is 6.10 Å². The van der Waals surface area contributed by atoms with Gasteiger partial charge in [-0.05, 0) is 43.7 Å². The van der Waals surface area contributed by atoms with Crippen molar-refractivity contribution in [2.45, 2.75) is 20.0 Å². The predicted molar refractivity (Wildman–Crippen MR) is 97.5 cm³/mol.